The molecule has 0 fully saturated rings. The van der Waals surface area contributed by atoms with Gasteiger partial charge >= 0.3 is 10.4 Å². The molecule has 0 aromatic rings. The lowest BCUT2D eigenvalue weighted by Gasteiger charge is -2.02. The summed E-state index contributed by atoms with van der Waals surface area (Å²) in [6.45, 7) is 5.34. The summed E-state index contributed by atoms with van der Waals surface area (Å²) in [7, 11) is -4.23. The van der Waals surface area contributed by atoms with Crippen molar-refractivity contribution in [2.45, 2.75) is 97.3 Å². The molecule has 0 heterocycles. The molecule has 3 N–H and O–H groups in total. The Balaban J connectivity index is 0. The highest BCUT2D eigenvalue weighted by molar-refractivity contribution is 7.80. The van der Waals surface area contributed by atoms with Crippen molar-refractivity contribution in [2.24, 2.45) is 5.73 Å². The van der Waals surface area contributed by atoms with Crippen LogP contribution >= 0.6 is 0 Å². The molecule has 0 spiro atoms. The molecule has 0 aliphatic rings. The zero-order valence-electron chi connectivity index (χ0n) is 15.3. The molecule has 0 saturated carbocycles. The fourth-order valence-corrected chi connectivity index (χ4v) is 2.48. The van der Waals surface area contributed by atoms with Gasteiger partial charge in [0.25, 0.3) is 0 Å². The Morgan fingerprint density at radius 1 is 0.739 bits per heavy atom. The standard InChI is InChI=1S/C12H26O4S.C5H13N/c1-2-3-4-5-6-7-8-9-10-11-12-16-17(13,14)15;1-2-3-4-5-6/h2-12H2,1H3,(H,13,14,15);2-6H2,1H3. The first-order chi connectivity index (χ1) is 11.0. The normalized spacial score (nSPS) is 11.1. The van der Waals surface area contributed by atoms with E-state index in [1.54, 1.807) is 0 Å². The number of hydrogen-bond acceptors (Lipinski definition) is 4. The first-order valence-corrected chi connectivity index (χ1v) is 10.7. The van der Waals surface area contributed by atoms with Crippen LogP contribution < -0.4 is 5.73 Å². The highest BCUT2D eigenvalue weighted by atomic mass is 32.3. The van der Waals surface area contributed by atoms with Gasteiger partial charge in [0.2, 0.25) is 0 Å². The monoisotopic (exact) mass is 353 g/mol. The largest absolute Gasteiger partial charge is 0.397 e. The third kappa shape index (κ3) is 30.3. The number of rotatable bonds is 15. The van der Waals surface area contributed by atoms with Gasteiger partial charge in [-0.2, -0.15) is 8.42 Å². The molecule has 0 unspecified atom stereocenters. The molecule has 0 aliphatic heterocycles. The van der Waals surface area contributed by atoms with Crippen molar-refractivity contribution >= 4 is 10.4 Å². The van der Waals surface area contributed by atoms with Crippen LogP contribution in [-0.2, 0) is 14.6 Å². The van der Waals surface area contributed by atoms with Crippen LogP contribution in [0, 0.1) is 0 Å². The maximum Gasteiger partial charge on any atom is 0.397 e. The Morgan fingerprint density at radius 3 is 1.48 bits per heavy atom. The zero-order valence-corrected chi connectivity index (χ0v) is 16.1. The average Bonchev–Trinajstić information content (AvgIpc) is 2.50. The Hall–Kier alpha value is -0.170. The third-order valence-corrected chi connectivity index (χ3v) is 4.00. The van der Waals surface area contributed by atoms with Gasteiger partial charge in [0.05, 0.1) is 6.61 Å². The molecule has 0 amide bonds. The van der Waals surface area contributed by atoms with E-state index in [2.05, 4.69) is 18.0 Å². The summed E-state index contributed by atoms with van der Waals surface area (Å²) in [5.41, 5.74) is 5.21. The minimum absolute atomic E-state index is 0.0926. The van der Waals surface area contributed by atoms with Gasteiger partial charge in [-0.05, 0) is 19.4 Å². The van der Waals surface area contributed by atoms with Crippen LogP contribution in [-0.4, -0.2) is 26.1 Å². The van der Waals surface area contributed by atoms with Crippen molar-refractivity contribution in [1.29, 1.82) is 0 Å². The van der Waals surface area contributed by atoms with Crippen LogP contribution in [0.2, 0.25) is 0 Å². The summed E-state index contributed by atoms with van der Waals surface area (Å²) in [5.74, 6) is 0. The van der Waals surface area contributed by atoms with E-state index in [0.29, 0.717) is 6.42 Å². The van der Waals surface area contributed by atoms with E-state index in [0.717, 1.165) is 19.4 Å². The van der Waals surface area contributed by atoms with E-state index in [4.69, 9.17) is 10.3 Å². The van der Waals surface area contributed by atoms with Crippen molar-refractivity contribution in [1.82, 2.24) is 0 Å². The van der Waals surface area contributed by atoms with Gasteiger partial charge in [0.1, 0.15) is 0 Å². The van der Waals surface area contributed by atoms with Crippen LogP contribution in [0.3, 0.4) is 0 Å². The smallest absolute Gasteiger partial charge is 0.330 e. The van der Waals surface area contributed by atoms with Crippen molar-refractivity contribution in [2.75, 3.05) is 13.2 Å². The van der Waals surface area contributed by atoms with E-state index >= 15 is 0 Å². The molecule has 0 aromatic heterocycles. The fourth-order valence-electron chi connectivity index (χ4n) is 2.15. The van der Waals surface area contributed by atoms with Crippen molar-refractivity contribution in [3.63, 3.8) is 0 Å². The first kappa shape index (κ1) is 25.1. The van der Waals surface area contributed by atoms with Crippen LogP contribution in [0.4, 0.5) is 0 Å². The van der Waals surface area contributed by atoms with Crippen molar-refractivity contribution in [3.05, 3.63) is 0 Å². The van der Waals surface area contributed by atoms with E-state index in [-0.39, 0.29) is 6.61 Å². The molecular weight excluding hydrogens is 314 g/mol. The highest BCUT2D eigenvalue weighted by Crippen LogP contribution is 2.10. The van der Waals surface area contributed by atoms with Crippen molar-refractivity contribution in [3.8, 4) is 0 Å². The molecule has 0 bridgehead atoms. The lowest BCUT2D eigenvalue weighted by atomic mass is 10.1. The predicted octanol–water partition coefficient (Wildman–Crippen LogP) is 4.86. The molecule has 0 radical (unpaired) electrons. The van der Waals surface area contributed by atoms with E-state index < -0.39 is 10.4 Å². The highest BCUT2D eigenvalue weighted by Gasteiger charge is 2.02. The molecule has 6 heteroatoms. The second-order valence-corrected chi connectivity index (χ2v) is 7.02. The maximum atomic E-state index is 10.2. The van der Waals surface area contributed by atoms with Gasteiger partial charge < -0.3 is 5.73 Å². The number of unbranched alkanes of at least 4 members (excludes halogenated alkanes) is 11. The second kappa shape index (κ2) is 19.9. The number of hydrogen-bond donors (Lipinski definition) is 2. The summed E-state index contributed by atoms with van der Waals surface area (Å²) < 4.78 is 33.0. The maximum absolute atomic E-state index is 10.2. The molecule has 0 aliphatic carbocycles. The Labute approximate surface area is 144 Å². The molecular formula is C17H39NO4S. The lowest BCUT2D eigenvalue weighted by molar-refractivity contribution is 0.261. The molecule has 0 saturated heterocycles. The summed E-state index contributed by atoms with van der Waals surface area (Å²) in [6.07, 6.45) is 15.6. The Morgan fingerprint density at radius 2 is 1.13 bits per heavy atom. The average molecular weight is 354 g/mol. The predicted molar refractivity (Wildman–Crippen MR) is 97.9 cm³/mol. The van der Waals surface area contributed by atoms with Crippen molar-refractivity contribution < 1.29 is 17.2 Å². The first-order valence-electron chi connectivity index (χ1n) is 9.29. The van der Waals surface area contributed by atoms with Crippen LogP contribution in [0.5, 0.6) is 0 Å². The molecule has 0 aromatic carbocycles. The van der Waals surface area contributed by atoms with Gasteiger partial charge in [-0.15, -0.1) is 0 Å². The molecule has 0 atom stereocenters. The minimum atomic E-state index is -4.23. The van der Waals surface area contributed by atoms with E-state index in [1.807, 2.05) is 0 Å². The van der Waals surface area contributed by atoms with Gasteiger partial charge in [-0.25, -0.2) is 4.18 Å². The Kier molecular flexibility index (Phi) is 21.7. The summed E-state index contributed by atoms with van der Waals surface area (Å²) in [6, 6.07) is 0. The van der Waals surface area contributed by atoms with Crippen LogP contribution in [0.25, 0.3) is 0 Å². The van der Waals surface area contributed by atoms with Gasteiger partial charge in [0.15, 0.2) is 0 Å². The molecule has 142 valence electrons. The Bertz CT molecular complexity index is 304. The molecule has 0 rings (SSSR count). The zero-order chi connectivity index (χ0) is 17.8. The second-order valence-electron chi connectivity index (χ2n) is 5.93. The van der Waals surface area contributed by atoms with Gasteiger partial charge in [0, 0.05) is 0 Å². The summed E-state index contributed by atoms with van der Waals surface area (Å²) >= 11 is 0. The van der Waals surface area contributed by atoms with Crippen LogP contribution in [0.1, 0.15) is 97.3 Å². The third-order valence-electron chi connectivity index (χ3n) is 3.54. The van der Waals surface area contributed by atoms with E-state index in [9.17, 15) is 8.42 Å². The van der Waals surface area contributed by atoms with Gasteiger partial charge in [-0.3, -0.25) is 4.55 Å². The summed E-state index contributed by atoms with van der Waals surface area (Å²) in [5, 5.41) is 0. The molecule has 5 nitrogen and oxygen atoms in total. The quantitative estimate of drug-likeness (QED) is 0.324. The molecule has 23 heavy (non-hydrogen) atoms. The minimum Gasteiger partial charge on any atom is -0.330 e. The van der Waals surface area contributed by atoms with Crippen LogP contribution in [0.15, 0.2) is 0 Å². The SMILES string of the molecule is CCCCCCCCCCCCOS(=O)(=O)O.CCCCCN. The van der Waals surface area contributed by atoms with Gasteiger partial charge in [-0.1, -0.05) is 84.5 Å². The van der Waals surface area contributed by atoms with E-state index in [1.165, 1.54) is 64.2 Å². The number of nitrogens with two attached hydrogens (primary N) is 1. The lowest BCUT2D eigenvalue weighted by Crippen LogP contribution is -2.04. The topological polar surface area (TPSA) is 89.6 Å². The summed E-state index contributed by atoms with van der Waals surface area (Å²) in [4.78, 5) is 0. The fraction of sp³-hybridized carbons (Fsp3) is 1.00.